The highest BCUT2D eigenvalue weighted by atomic mass is 16.2. The standard InChI is InChI=1S/C9H15N3O3/c1-2-3-10-8(14)5-11-6-4-7(13)12-9(6)15/h6,11H,2-5H2,1H3,(H,10,14)(H,12,13,15). The average Bonchev–Trinajstić information content (AvgIpc) is 2.51. The summed E-state index contributed by atoms with van der Waals surface area (Å²) >= 11 is 0. The van der Waals surface area contributed by atoms with E-state index in [4.69, 9.17) is 0 Å². The van der Waals surface area contributed by atoms with Crippen molar-refractivity contribution in [2.24, 2.45) is 0 Å². The lowest BCUT2D eigenvalue weighted by Crippen LogP contribution is -2.42. The molecule has 3 N–H and O–H groups in total. The third kappa shape index (κ3) is 3.67. The summed E-state index contributed by atoms with van der Waals surface area (Å²) in [5.74, 6) is -0.821. The molecule has 84 valence electrons. The van der Waals surface area contributed by atoms with Crippen molar-refractivity contribution in [3.05, 3.63) is 0 Å². The lowest BCUT2D eigenvalue weighted by molar-refractivity contribution is -0.125. The van der Waals surface area contributed by atoms with E-state index in [0.29, 0.717) is 6.54 Å². The molecule has 6 heteroatoms. The van der Waals surface area contributed by atoms with Gasteiger partial charge in [-0.15, -0.1) is 0 Å². The fourth-order valence-electron chi connectivity index (χ4n) is 1.26. The van der Waals surface area contributed by atoms with Crippen LogP contribution in [0.2, 0.25) is 0 Å². The molecule has 0 aliphatic carbocycles. The smallest absolute Gasteiger partial charge is 0.244 e. The van der Waals surface area contributed by atoms with Gasteiger partial charge in [-0.05, 0) is 6.42 Å². The maximum atomic E-state index is 11.2. The lowest BCUT2D eigenvalue weighted by Gasteiger charge is -2.08. The maximum absolute atomic E-state index is 11.2. The molecule has 0 aromatic carbocycles. The number of hydrogen-bond acceptors (Lipinski definition) is 4. The van der Waals surface area contributed by atoms with Crippen molar-refractivity contribution in [1.82, 2.24) is 16.0 Å². The van der Waals surface area contributed by atoms with Crippen LogP contribution in [0.4, 0.5) is 0 Å². The SMILES string of the molecule is CCCNC(=O)CNC1CC(=O)NC1=O. The summed E-state index contributed by atoms with van der Waals surface area (Å²) < 4.78 is 0. The molecule has 1 atom stereocenters. The first-order valence-corrected chi connectivity index (χ1v) is 4.97. The molecule has 0 spiro atoms. The van der Waals surface area contributed by atoms with Crippen molar-refractivity contribution in [2.75, 3.05) is 13.1 Å². The van der Waals surface area contributed by atoms with Gasteiger partial charge in [0, 0.05) is 6.54 Å². The second-order valence-electron chi connectivity index (χ2n) is 3.40. The molecule has 1 aliphatic rings. The fraction of sp³-hybridized carbons (Fsp3) is 0.667. The summed E-state index contributed by atoms with van der Waals surface area (Å²) in [6.45, 7) is 2.64. The van der Waals surface area contributed by atoms with Crippen molar-refractivity contribution in [3.8, 4) is 0 Å². The van der Waals surface area contributed by atoms with Crippen molar-refractivity contribution >= 4 is 17.7 Å². The number of nitrogens with one attached hydrogen (secondary N) is 3. The molecule has 1 rings (SSSR count). The zero-order chi connectivity index (χ0) is 11.3. The largest absolute Gasteiger partial charge is 0.355 e. The molecule has 1 fully saturated rings. The van der Waals surface area contributed by atoms with Gasteiger partial charge in [0.15, 0.2) is 0 Å². The van der Waals surface area contributed by atoms with E-state index in [9.17, 15) is 14.4 Å². The van der Waals surface area contributed by atoms with E-state index in [0.717, 1.165) is 6.42 Å². The Balaban J connectivity index is 2.22. The van der Waals surface area contributed by atoms with Crippen molar-refractivity contribution in [3.63, 3.8) is 0 Å². The Kier molecular flexibility index (Phi) is 4.23. The molecule has 0 bridgehead atoms. The van der Waals surface area contributed by atoms with Crippen LogP contribution in [-0.4, -0.2) is 36.9 Å². The van der Waals surface area contributed by atoms with Crippen LogP contribution in [0, 0.1) is 0 Å². The molecule has 1 saturated heterocycles. The van der Waals surface area contributed by atoms with E-state index in [1.165, 1.54) is 0 Å². The second-order valence-corrected chi connectivity index (χ2v) is 3.40. The van der Waals surface area contributed by atoms with Crippen molar-refractivity contribution < 1.29 is 14.4 Å². The molecule has 1 aliphatic heterocycles. The normalized spacial score (nSPS) is 20.2. The van der Waals surface area contributed by atoms with Gasteiger partial charge in [-0.25, -0.2) is 0 Å². The first-order valence-electron chi connectivity index (χ1n) is 4.97. The zero-order valence-corrected chi connectivity index (χ0v) is 8.63. The highest BCUT2D eigenvalue weighted by Gasteiger charge is 2.30. The minimum Gasteiger partial charge on any atom is -0.355 e. The van der Waals surface area contributed by atoms with Crippen molar-refractivity contribution in [2.45, 2.75) is 25.8 Å². The Hall–Kier alpha value is -1.43. The summed E-state index contributed by atoms with van der Waals surface area (Å²) in [6, 6.07) is -0.565. The molecule has 3 amide bonds. The zero-order valence-electron chi connectivity index (χ0n) is 8.63. The first kappa shape index (κ1) is 11.6. The number of imide groups is 1. The number of carbonyl (C=O) groups is 3. The number of amides is 3. The molecule has 0 aromatic rings. The van der Waals surface area contributed by atoms with Gasteiger partial charge in [0.25, 0.3) is 0 Å². The summed E-state index contributed by atoms with van der Waals surface area (Å²) in [5, 5.41) is 7.55. The minimum atomic E-state index is -0.565. The van der Waals surface area contributed by atoms with E-state index < -0.39 is 6.04 Å². The summed E-state index contributed by atoms with van der Waals surface area (Å²) in [6.07, 6.45) is 0.980. The minimum absolute atomic E-state index is 0.0609. The molecule has 1 heterocycles. The Bertz CT molecular complexity index is 278. The fourth-order valence-corrected chi connectivity index (χ4v) is 1.26. The number of rotatable bonds is 5. The molecule has 0 saturated carbocycles. The van der Waals surface area contributed by atoms with Crippen LogP contribution in [0.1, 0.15) is 19.8 Å². The molecular formula is C9H15N3O3. The molecule has 6 nitrogen and oxygen atoms in total. The van der Waals surface area contributed by atoms with Crippen LogP contribution >= 0.6 is 0 Å². The van der Waals surface area contributed by atoms with Gasteiger partial charge in [-0.2, -0.15) is 0 Å². The van der Waals surface area contributed by atoms with Gasteiger partial charge in [0.2, 0.25) is 17.7 Å². The quantitative estimate of drug-likeness (QED) is 0.486. The monoisotopic (exact) mass is 213 g/mol. The molecule has 1 unspecified atom stereocenters. The molecule has 15 heavy (non-hydrogen) atoms. The van der Waals surface area contributed by atoms with Gasteiger partial charge in [0.05, 0.1) is 19.0 Å². The third-order valence-corrected chi connectivity index (χ3v) is 2.05. The Morgan fingerprint density at radius 3 is 2.80 bits per heavy atom. The van der Waals surface area contributed by atoms with Gasteiger partial charge in [0.1, 0.15) is 0 Å². The van der Waals surface area contributed by atoms with Gasteiger partial charge < -0.3 is 5.32 Å². The van der Waals surface area contributed by atoms with Crippen LogP contribution in [0.15, 0.2) is 0 Å². The van der Waals surface area contributed by atoms with Crippen LogP contribution in [0.25, 0.3) is 0 Å². The van der Waals surface area contributed by atoms with Crippen LogP contribution in [-0.2, 0) is 14.4 Å². The highest BCUT2D eigenvalue weighted by Crippen LogP contribution is 1.99. The lowest BCUT2D eigenvalue weighted by atomic mass is 10.2. The summed E-state index contributed by atoms with van der Waals surface area (Å²) in [4.78, 5) is 33.0. The first-order chi connectivity index (χ1) is 7.13. The second kappa shape index (κ2) is 5.45. The van der Waals surface area contributed by atoms with Gasteiger partial charge in [-0.3, -0.25) is 25.0 Å². The van der Waals surface area contributed by atoms with Gasteiger partial charge >= 0.3 is 0 Å². The Morgan fingerprint density at radius 2 is 2.27 bits per heavy atom. The molecule has 0 aromatic heterocycles. The predicted molar refractivity (Wildman–Crippen MR) is 52.9 cm³/mol. The highest BCUT2D eigenvalue weighted by molar-refractivity contribution is 6.05. The van der Waals surface area contributed by atoms with Gasteiger partial charge in [-0.1, -0.05) is 6.92 Å². The topological polar surface area (TPSA) is 87.3 Å². The molecule has 0 radical (unpaired) electrons. The third-order valence-electron chi connectivity index (χ3n) is 2.05. The van der Waals surface area contributed by atoms with Crippen LogP contribution in [0.5, 0.6) is 0 Å². The number of carbonyl (C=O) groups excluding carboxylic acids is 3. The summed E-state index contributed by atoms with van der Waals surface area (Å²) in [7, 11) is 0. The van der Waals surface area contributed by atoms with Crippen LogP contribution < -0.4 is 16.0 Å². The number of hydrogen-bond donors (Lipinski definition) is 3. The van der Waals surface area contributed by atoms with E-state index in [-0.39, 0.29) is 30.7 Å². The maximum Gasteiger partial charge on any atom is 0.244 e. The molecular weight excluding hydrogens is 198 g/mol. The average molecular weight is 213 g/mol. The van der Waals surface area contributed by atoms with Crippen LogP contribution in [0.3, 0.4) is 0 Å². The van der Waals surface area contributed by atoms with E-state index >= 15 is 0 Å². The van der Waals surface area contributed by atoms with E-state index in [1.54, 1.807) is 0 Å². The predicted octanol–water partition coefficient (Wildman–Crippen LogP) is -1.48. The van der Waals surface area contributed by atoms with E-state index in [2.05, 4.69) is 16.0 Å². The van der Waals surface area contributed by atoms with Crippen molar-refractivity contribution in [1.29, 1.82) is 0 Å². The summed E-state index contributed by atoms with van der Waals surface area (Å²) in [5.41, 5.74) is 0. The Labute approximate surface area is 87.8 Å². The van der Waals surface area contributed by atoms with E-state index in [1.807, 2.05) is 6.92 Å². The Morgan fingerprint density at radius 1 is 1.53 bits per heavy atom.